The van der Waals surface area contributed by atoms with Crippen LogP contribution in [-0.2, 0) is 28.1 Å². The summed E-state index contributed by atoms with van der Waals surface area (Å²) in [6.07, 6.45) is 1.07. The third-order valence-corrected chi connectivity index (χ3v) is 11.3. The molecule has 5 heteroatoms. The Morgan fingerprint density at radius 1 is 0.556 bits per heavy atom. The van der Waals surface area contributed by atoms with Crippen molar-refractivity contribution in [2.45, 2.75) is 54.9 Å². The Bertz CT molecular complexity index is 1110. The third kappa shape index (κ3) is 6.81. The van der Waals surface area contributed by atoms with Crippen molar-refractivity contribution < 1.29 is 58.9 Å². The van der Waals surface area contributed by atoms with Crippen LogP contribution in [0, 0.1) is 41.5 Å². The topological polar surface area (TPSA) is 0 Å². The summed E-state index contributed by atoms with van der Waals surface area (Å²) in [5.41, 5.74) is 9.47. The maximum atomic E-state index is 2.49. The molecule has 0 spiro atoms. The monoisotopic (exact) mass is 588 g/mol. The van der Waals surface area contributed by atoms with Crippen LogP contribution in [0.2, 0.25) is 0 Å². The van der Waals surface area contributed by atoms with E-state index in [2.05, 4.69) is 121 Å². The average Bonchev–Trinajstić information content (AvgIpc) is 3.16. The maximum absolute atomic E-state index is 2.49. The summed E-state index contributed by atoms with van der Waals surface area (Å²) in [6.45, 7) is 15.7. The van der Waals surface area contributed by atoms with Crippen molar-refractivity contribution in [1.82, 2.24) is 0 Å². The molecule has 0 heterocycles. The minimum atomic E-state index is -2.48. The van der Waals surface area contributed by atoms with E-state index < -0.39 is 8.07 Å². The zero-order chi connectivity index (χ0) is 23.0. The van der Waals surface area contributed by atoms with Gasteiger partial charge in [0.2, 0.25) is 0 Å². The number of benzene rings is 3. The first-order chi connectivity index (χ1) is 15.2. The van der Waals surface area contributed by atoms with E-state index in [0.29, 0.717) is 0 Å². The van der Waals surface area contributed by atoms with Crippen LogP contribution in [0.1, 0.15) is 45.9 Å². The van der Waals surface area contributed by atoms with E-state index in [1.165, 1.54) is 59.7 Å². The molecule has 0 aliphatic rings. The molecule has 4 aromatic rings. The molecular formula is C31H35Cl3SiTi. The zero-order valence-corrected chi connectivity index (χ0v) is 27.1. The second kappa shape index (κ2) is 14.1. The Morgan fingerprint density at radius 3 is 1.11 bits per heavy atom. The number of hydrogen-bond acceptors (Lipinski definition) is 0. The zero-order valence-electron chi connectivity index (χ0n) is 22.3. The van der Waals surface area contributed by atoms with Crippen LogP contribution in [-0.4, -0.2) is 8.07 Å². The predicted molar refractivity (Wildman–Crippen MR) is 143 cm³/mol. The van der Waals surface area contributed by atoms with E-state index in [4.69, 9.17) is 0 Å². The second-order valence-corrected chi connectivity index (χ2v) is 13.6. The average molecular weight is 590 g/mol. The van der Waals surface area contributed by atoms with Gasteiger partial charge in [-0.1, -0.05) is 117 Å². The van der Waals surface area contributed by atoms with Crippen molar-refractivity contribution in [3.05, 3.63) is 112 Å². The molecule has 4 rings (SSSR count). The van der Waals surface area contributed by atoms with Crippen LogP contribution in [0.5, 0.6) is 0 Å². The standard InChI is InChI=1S/C31H35Si.3ClH.Ti/c1-8-27-9-10-28(20-27)32(29-14-21(2)11-22(3)15-29,30-16-23(4)12-24(5)17-30)31-18-25(6)13-26(7)19-31;;;;/h9-20H,8H2,1-7H3;3*1H;/q-1;;;;+4/p-3. The smallest absolute Gasteiger partial charge is 1.00 e. The van der Waals surface area contributed by atoms with Gasteiger partial charge in [-0.3, -0.25) is 0 Å². The maximum Gasteiger partial charge on any atom is 4.00 e. The largest absolute Gasteiger partial charge is 4.00 e. The second-order valence-electron chi connectivity index (χ2n) is 9.74. The number of rotatable bonds is 5. The van der Waals surface area contributed by atoms with Gasteiger partial charge in [-0.15, -0.1) is 5.19 Å². The van der Waals surface area contributed by atoms with Crippen molar-refractivity contribution in [3.63, 3.8) is 0 Å². The molecule has 4 aromatic carbocycles. The Morgan fingerprint density at radius 2 is 0.861 bits per heavy atom. The summed E-state index contributed by atoms with van der Waals surface area (Å²) >= 11 is 0. The van der Waals surface area contributed by atoms with E-state index in [1.54, 1.807) is 0 Å². The van der Waals surface area contributed by atoms with Gasteiger partial charge < -0.3 is 37.2 Å². The van der Waals surface area contributed by atoms with Gasteiger partial charge in [0.05, 0.1) is 0 Å². The van der Waals surface area contributed by atoms with Gasteiger partial charge in [-0.2, -0.15) is 17.7 Å². The van der Waals surface area contributed by atoms with Gasteiger partial charge in [0.25, 0.3) is 0 Å². The van der Waals surface area contributed by atoms with Crippen LogP contribution in [0.25, 0.3) is 0 Å². The minimum Gasteiger partial charge on any atom is -1.00 e. The summed E-state index contributed by atoms with van der Waals surface area (Å²) in [7, 11) is -2.48. The molecule has 188 valence electrons. The molecule has 36 heavy (non-hydrogen) atoms. The molecule has 0 N–H and O–H groups in total. The van der Waals surface area contributed by atoms with Gasteiger partial charge >= 0.3 is 21.7 Å². The summed E-state index contributed by atoms with van der Waals surface area (Å²) in [5, 5.41) is 5.95. The number of halogens is 3. The summed E-state index contributed by atoms with van der Waals surface area (Å²) < 4.78 is 0. The molecule has 0 aromatic heterocycles. The summed E-state index contributed by atoms with van der Waals surface area (Å²) in [4.78, 5) is 0. The molecule has 0 saturated carbocycles. The molecule has 0 aliphatic heterocycles. The quantitative estimate of drug-likeness (QED) is 0.127. The molecule has 0 unspecified atom stereocenters. The molecule has 0 saturated heterocycles. The van der Waals surface area contributed by atoms with Crippen molar-refractivity contribution in [2.75, 3.05) is 0 Å². The summed E-state index contributed by atoms with van der Waals surface area (Å²) in [5.74, 6) is 0. The molecular weight excluding hydrogens is 555 g/mol. The first kappa shape index (κ1) is 34.8. The Balaban J connectivity index is 0.00000306. The van der Waals surface area contributed by atoms with Gasteiger partial charge in [0, 0.05) is 0 Å². The van der Waals surface area contributed by atoms with Gasteiger partial charge in [-0.05, 0) is 41.5 Å². The fourth-order valence-corrected chi connectivity index (χ4v) is 10.9. The van der Waals surface area contributed by atoms with Crippen LogP contribution in [0.3, 0.4) is 0 Å². The molecule has 0 aliphatic carbocycles. The molecule has 0 atom stereocenters. The van der Waals surface area contributed by atoms with E-state index >= 15 is 0 Å². The molecule has 0 radical (unpaired) electrons. The van der Waals surface area contributed by atoms with E-state index in [9.17, 15) is 0 Å². The van der Waals surface area contributed by atoms with Gasteiger partial charge in [0.1, 0.15) is 8.07 Å². The van der Waals surface area contributed by atoms with Crippen LogP contribution in [0.4, 0.5) is 0 Å². The fraction of sp³-hybridized carbons (Fsp3) is 0.258. The molecule has 0 amide bonds. The number of aryl methyl sites for hydroxylation is 7. The minimum absolute atomic E-state index is 0. The Kier molecular flexibility index (Phi) is 13.6. The Hall–Kier alpha value is -1.19. The molecule has 0 fully saturated rings. The fourth-order valence-electron chi connectivity index (χ4n) is 5.52. The first-order valence-corrected chi connectivity index (χ1v) is 13.7. The van der Waals surface area contributed by atoms with E-state index in [1.807, 2.05) is 0 Å². The van der Waals surface area contributed by atoms with Crippen molar-refractivity contribution in [2.24, 2.45) is 0 Å². The van der Waals surface area contributed by atoms with E-state index in [0.717, 1.165) is 6.42 Å². The van der Waals surface area contributed by atoms with Crippen molar-refractivity contribution in [3.8, 4) is 0 Å². The van der Waals surface area contributed by atoms with Crippen molar-refractivity contribution >= 4 is 28.8 Å². The SMILES string of the molecule is CCc1cc[c-]([Si](c2cc(C)cc(C)c2)(c2cc(C)cc(C)c2)c2cc(C)cc(C)c2)c1.[Cl-].[Cl-].[Cl-].[Ti+4]. The first-order valence-electron chi connectivity index (χ1n) is 11.7. The predicted octanol–water partition coefficient (Wildman–Crippen LogP) is -3.79. The van der Waals surface area contributed by atoms with Crippen LogP contribution < -0.4 is 58.0 Å². The normalized spacial score (nSPS) is 10.4. The third-order valence-electron chi connectivity index (χ3n) is 6.62. The van der Waals surface area contributed by atoms with Crippen molar-refractivity contribution in [1.29, 1.82) is 0 Å². The van der Waals surface area contributed by atoms with Crippen LogP contribution >= 0.6 is 0 Å². The number of hydrogen-bond donors (Lipinski definition) is 0. The molecule has 0 nitrogen and oxygen atoms in total. The Labute approximate surface area is 252 Å². The summed E-state index contributed by atoms with van der Waals surface area (Å²) in [6, 6.07) is 28.8. The molecule has 0 bridgehead atoms. The van der Waals surface area contributed by atoms with Gasteiger partial charge in [0.15, 0.2) is 0 Å². The van der Waals surface area contributed by atoms with Gasteiger partial charge in [-0.25, -0.2) is 6.07 Å². The van der Waals surface area contributed by atoms with E-state index in [-0.39, 0.29) is 58.9 Å². The van der Waals surface area contributed by atoms with Crippen LogP contribution in [0.15, 0.2) is 72.8 Å².